The van der Waals surface area contributed by atoms with Crippen LogP contribution in [0.25, 0.3) is 0 Å². The van der Waals surface area contributed by atoms with Gasteiger partial charge >= 0.3 is 0 Å². The van der Waals surface area contributed by atoms with E-state index in [1.165, 1.54) is 0 Å². The van der Waals surface area contributed by atoms with Crippen molar-refractivity contribution in [3.8, 4) is 0 Å². The largest absolute Gasteiger partial charge is 0.361 e. The van der Waals surface area contributed by atoms with Gasteiger partial charge in [0.05, 0.1) is 0 Å². The van der Waals surface area contributed by atoms with Crippen LogP contribution >= 0.6 is 0 Å². The SMILES string of the molecule is Cc1cc(C(=O)N(C)[C@H](C)CC(C)C)no1. The van der Waals surface area contributed by atoms with Crippen LogP contribution in [0.5, 0.6) is 0 Å². The molecule has 0 saturated carbocycles. The first-order chi connectivity index (χ1) is 7.41. The molecular weight excluding hydrogens is 204 g/mol. The van der Waals surface area contributed by atoms with Crippen molar-refractivity contribution in [2.75, 3.05) is 7.05 Å². The zero-order chi connectivity index (χ0) is 12.3. The van der Waals surface area contributed by atoms with E-state index in [4.69, 9.17) is 4.52 Å². The highest BCUT2D eigenvalue weighted by atomic mass is 16.5. The summed E-state index contributed by atoms with van der Waals surface area (Å²) in [4.78, 5) is 13.7. The standard InChI is InChI=1S/C12H20N2O2/c1-8(2)6-9(3)14(5)12(15)11-7-10(4)16-13-11/h7-9H,6H2,1-5H3/t9-/m1/s1. The monoisotopic (exact) mass is 224 g/mol. The minimum atomic E-state index is -0.0787. The zero-order valence-corrected chi connectivity index (χ0v) is 10.7. The molecule has 4 heteroatoms. The Hall–Kier alpha value is -1.32. The predicted molar refractivity (Wildman–Crippen MR) is 62.3 cm³/mol. The van der Waals surface area contributed by atoms with Crippen molar-refractivity contribution in [1.82, 2.24) is 10.1 Å². The predicted octanol–water partition coefficient (Wildman–Crippen LogP) is 2.49. The van der Waals surface area contributed by atoms with E-state index in [1.54, 1.807) is 24.9 Å². The lowest BCUT2D eigenvalue weighted by molar-refractivity contribution is 0.0717. The second-order valence-electron chi connectivity index (χ2n) is 4.72. The van der Waals surface area contributed by atoms with Crippen LogP contribution in [-0.2, 0) is 0 Å². The summed E-state index contributed by atoms with van der Waals surface area (Å²) in [5.41, 5.74) is 0.385. The lowest BCUT2D eigenvalue weighted by atomic mass is 10.0. The van der Waals surface area contributed by atoms with E-state index in [9.17, 15) is 4.79 Å². The molecule has 1 amide bonds. The van der Waals surface area contributed by atoms with Crippen LogP contribution in [0.1, 0.15) is 43.4 Å². The lowest BCUT2D eigenvalue weighted by Crippen LogP contribution is -2.36. The molecule has 0 aliphatic heterocycles. The molecule has 1 aromatic heterocycles. The highest BCUT2D eigenvalue weighted by molar-refractivity contribution is 5.92. The Morgan fingerprint density at radius 2 is 2.12 bits per heavy atom. The molecule has 1 atom stereocenters. The third kappa shape index (κ3) is 3.08. The average Bonchev–Trinajstić information content (AvgIpc) is 2.61. The summed E-state index contributed by atoms with van der Waals surface area (Å²) in [6, 6.07) is 1.88. The molecule has 90 valence electrons. The molecule has 0 N–H and O–H groups in total. The number of carbonyl (C=O) groups excluding carboxylic acids is 1. The van der Waals surface area contributed by atoms with E-state index in [0.717, 1.165) is 6.42 Å². The molecular formula is C12H20N2O2. The molecule has 0 aliphatic carbocycles. The summed E-state index contributed by atoms with van der Waals surface area (Å²) in [5, 5.41) is 3.73. The molecule has 0 saturated heterocycles. The Morgan fingerprint density at radius 3 is 2.56 bits per heavy atom. The third-order valence-corrected chi connectivity index (χ3v) is 2.64. The molecule has 0 aromatic carbocycles. The normalized spacial score (nSPS) is 12.9. The Bertz CT molecular complexity index is 358. The van der Waals surface area contributed by atoms with E-state index in [2.05, 4.69) is 19.0 Å². The van der Waals surface area contributed by atoms with Crippen molar-refractivity contribution in [2.24, 2.45) is 5.92 Å². The van der Waals surface area contributed by atoms with Gasteiger partial charge in [0, 0.05) is 19.2 Å². The van der Waals surface area contributed by atoms with Gasteiger partial charge in [0.25, 0.3) is 5.91 Å². The summed E-state index contributed by atoms with van der Waals surface area (Å²) in [7, 11) is 1.80. The van der Waals surface area contributed by atoms with E-state index in [0.29, 0.717) is 17.4 Å². The molecule has 0 unspecified atom stereocenters. The minimum absolute atomic E-state index is 0.0787. The Kier molecular flexibility index (Phi) is 4.10. The van der Waals surface area contributed by atoms with Gasteiger partial charge in [-0.25, -0.2) is 0 Å². The van der Waals surface area contributed by atoms with Gasteiger partial charge in [0.2, 0.25) is 0 Å². The number of hydrogen-bond acceptors (Lipinski definition) is 3. The maximum atomic E-state index is 12.0. The van der Waals surface area contributed by atoms with E-state index >= 15 is 0 Å². The molecule has 1 rings (SSSR count). The molecule has 0 spiro atoms. The minimum Gasteiger partial charge on any atom is -0.361 e. The van der Waals surface area contributed by atoms with Crippen LogP contribution in [0.2, 0.25) is 0 Å². The fourth-order valence-corrected chi connectivity index (χ4v) is 1.69. The number of rotatable bonds is 4. The van der Waals surface area contributed by atoms with Gasteiger partial charge in [-0.1, -0.05) is 19.0 Å². The van der Waals surface area contributed by atoms with Crippen LogP contribution in [0.15, 0.2) is 10.6 Å². The molecule has 4 nitrogen and oxygen atoms in total. The van der Waals surface area contributed by atoms with Crippen molar-refractivity contribution in [3.05, 3.63) is 17.5 Å². The van der Waals surface area contributed by atoms with Gasteiger partial charge < -0.3 is 9.42 Å². The summed E-state index contributed by atoms with van der Waals surface area (Å²) in [6.07, 6.45) is 0.985. The summed E-state index contributed by atoms with van der Waals surface area (Å²) in [6.45, 7) is 8.12. The number of amides is 1. The molecule has 0 radical (unpaired) electrons. The van der Waals surface area contributed by atoms with Crippen molar-refractivity contribution < 1.29 is 9.32 Å². The summed E-state index contributed by atoms with van der Waals surface area (Å²) in [5.74, 6) is 1.16. The molecule has 0 aliphatic rings. The topological polar surface area (TPSA) is 46.3 Å². The number of nitrogens with zero attached hydrogens (tertiary/aromatic N) is 2. The van der Waals surface area contributed by atoms with Crippen LogP contribution in [0, 0.1) is 12.8 Å². The van der Waals surface area contributed by atoms with Crippen molar-refractivity contribution in [2.45, 2.75) is 40.2 Å². The van der Waals surface area contributed by atoms with Crippen LogP contribution < -0.4 is 0 Å². The summed E-state index contributed by atoms with van der Waals surface area (Å²) < 4.78 is 4.90. The van der Waals surface area contributed by atoms with E-state index < -0.39 is 0 Å². The van der Waals surface area contributed by atoms with Crippen molar-refractivity contribution >= 4 is 5.91 Å². The molecule has 0 fully saturated rings. The van der Waals surface area contributed by atoms with Gasteiger partial charge in [0.1, 0.15) is 5.76 Å². The quantitative estimate of drug-likeness (QED) is 0.789. The Morgan fingerprint density at radius 1 is 1.50 bits per heavy atom. The molecule has 1 aromatic rings. The van der Waals surface area contributed by atoms with Crippen LogP contribution in [0.3, 0.4) is 0 Å². The number of hydrogen-bond donors (Lipinski definition) is 0. The van der Waals surface area contributed by atoms with Crippen molar-refractivity contribution in [3.63, 3.8) is 0 Å². The van der Waals surface area contributed by atoms with Gasteiger partial charge in [-0.2, -0.15) is 0 Å². The number of aryl methyl sites for hydroxylation is 1. The molecule has 1 heterocycles. The number of carbonyl (C=O) groups is 1. The first kappa shape index (κ1) is 12.7. The maximum Gasteiger partial charge on any atom is 0.276 e. The third-order valence-electron chi connectivity index (χ3n) is 2.64. The van der Waals surface area contributed by atoms with Gasteiger partial charge in [0.15, 0.2) is 5.69 Å². The first-order valence-corrected chi connectivity index (χ1v) is 5.62. The Balaban J connectivity index is 2.67. The van der Waals surface area contributed by atoms with Crippen molar-refractivity contribution in [1.29, 1.82) is 0 Å². The number of aromatic nitrogens is 1. The molecule has 16 heavy (non-hydrogen) atoms. The zero-order valence-electron chi connectivity index (χ0n) is 10.7. The van der Waals surface area contributed by atoms with Gasteiger partial charge in [-0.05, 0) is 26.2 Å². The fourth-order valence-electron chi connectivity index (χ4n) is 1.69. The first-order valence-electron chi connectivity index (χ1n) is 5.62. The summed E-state index contributed by atoms with van der Waals surface area (Å²) >= 11 is 0. The second-order valence-corrected chi connectivity index (χ2v) is 4.72. The maximum absolute atomic E-state index is 12.0. The second kappa shape index (κ2) is 5.14. The highest BCUT2D eigenvalue weighted by Gasteiger charge is 2.20. The van der Waals surface area contributed by atoms with Gasteiger partial charge in [-0.15, -0.1) is 0 Å². The smallest absolute Gasteiger partial charge is 0.276 e. The Labute approximate surface area is 96.6 Å². The lowest BCUT2D eigenvalue weighted by Gasteiger charge is -2.25. The highest BCUT2D eigenvalue weighted by Crippen LogP contribution is 2.13. The average molecular weight is 224 g/mol. The van der Waals surface area contributed by atoms with Crippen LogP contribution in [0.4, 0.5) is 0 Å². The van der Waals surface area contributed by atoms with Crippen LogP contribution in [-0.4, -0.2) is 29.1 Å². The van der Waals surface area contributed by atoms with E-state index in [1.807, 2.05) is 6.92 Å². The van der Waals surface area contributed by atoms with E-state index in [-0.39, 0.29) is 11.9 Å². The molecule has 0 bridgehead atoms. The van der Waals surface area contributed by atoms with Gasteiger partial charge in [-0.3, -0.25) is 4.79 Å². The fraction of sp³-hybridized carbons (Fsp3) is 0.667.